The van der Waals surface area contributed by atoms with Gasteiger partial charge in [-0.3, -0.25) is 0 Å². The maximum Gasteiger partial charge on any atom is 0.337 e. The SMILES string of the molecule is COC(=O)c1ccc2c(c1)[C@H](c1ccc(F)cc1)N(C(=O)N[C@@H]1CN3CCC1CC3)CC2. The Morgan fingerprint density at radius 3 is 2.47 bits per heavy atom. The van der Waals surface area contributed by atoms with Crippen LogP contribution in [0.4, 0.5) is 9.18 Å². The molecule has 6 rings (SSSR count). The molecule has 4 aliphatic heterocycles. The first-order chi connectivity index (χ1) is 15.5. The van der Waals surface area contributed by atoms with Crippen LogP contribution in [0.3, 0.4) is 0 Å². The average molecular weight is 438 g/mol. The van der Waals surface area contributed by atoms with Crippen molar-refractivity contribution in [2.24, 2.45) is 5.92 Å². The first-order valence-electron chi connectivity index (χ1n) is 11.3. The third-order valence-electron chi connectivity index (χ3n) is 7.21. The summed E-state index contributed by atoms with van der Waals surface area (Å²) in [5.74, 6) is -0.216. The third-order valence-corrected chi connectivity index (χ3v) is 7.21. The highest BCUT2D eigenvalue weighted by Gasteiger charge is 2.38. The number of carbonyl (C=O) groups is 2. The molecule has 32 heavy (non-hydrogen) atoms. The minimum absolute atomic E-state index is 0.104. The van der Waals surface area contributed by atoms with Crippen molar-refractivity contribution < 1.29 is 18.7 Å². The maximum atomic E-state index is 13.7. The largest absolute Gasteiger partial charge is 0.465 e. The number of hydrogen-bond donors (Lipinski definition) is 1. The number of hydrogen-bond acceptors (Lipinski definition) is 4. The van der Waals surface area contributed by atoms with E-state index in [2.05, 4.69) is 10.2 Å². The zero-order valence-corrected chi connectivity index (χ0v) is 18.2. The summed E-state index contributed by atoms with van der Waals surface area (Å²) in [4.78, 5) is 29.9. The molecule has 4 heterocycles. The summed E-state index contributed by atoms with van der Waals surface area (Å²) < 4.78 is 18.6. The second-order valence-corrected chi connectivity index (χ2v) is 9.00. The second-order valence-electron chi connectivity index (χ2n) is 9.00. The molecule has 2 atom stereocenters. The Balaban J connectivity index is 1.48. The highest BCUT2D eigenvalue weighted by molar-refractivity contribution is 5.90. The number of amides is 2. The van der Waals surface area contributed by atoms with Crippen LogP contribution in [0, 0.1) is 11.7 Å². The van der Waals surface area contributed by atoms with Crippen molar-refractivity contribution in [1.29, 1.82) is 0 Å². The first-order valence-corrected chi connectivity index (χ1v) is 11.3. The van der Waals surface area contributed by atoms with Gasteiger partial charge in [-0.15, -0.1) is 0 Å². The molecule has 0 saturated carbocycles. The zero-order chi connectivity index (χ0) is 22.2. The highest BCUT2D eigenvalue weighted by atomic mass is 19.1. The van der Waals surface area contributed by atoms with Crippen LogP contribution < -0.4 is 5.32 Å². The fourth-order valence-electron chi connectivity index (χ4n) is 5.45. The Bertz CT molecular complexity index is 1020. The Kier molecular flexibility index (Phi) is 5.59. The molecule has 1 N–H and O–H groups in total. The summed E-state index contributed by atoms with van der Waals surface area (Å²) in [6.45, 7) is 3.68. The van der Waals surface area contributed by atoms with Gasteiger partial charge in [0.15, 0.2) is 0 Å². The lowest BCUT2D eigenvalue weighted by Gasteiger charge is -2.46. The summed E-state index contributed by atoms with van der Waals surface area (Å²) in [5, 5.41) is 3.29. The van der Waals surface area contributed by atoms with Gasteiger partial charge < -0.3 is 19.9 Å². The fourth-order valence-corrected chi connectivity index (χ4v) is 5.45. The van der Waals surface area contributed by atoms with E-state index in [0.29, 0.717) is 24.4 Å². The van der Waals surface area contributed by atoms with Gasteiger partial charge in [0.25, 0.3) is 0 Å². The maximum absolute atomic E-state index is 13.7. The van der Waals surface area contributed by atoms with Crippen LogP contribution in [0.5, 0.6) is 0 Å². The van der Waals surface area contributed by atoms with Gasteiger partial charge in [-0.05, 0) is 79.2 Å². The number of fused-ring (bicyclic) bond motifs is 4. The summed E-state index contributed by atoms with van der Waals surface area (Å²) in [7, 11) is 1.35. The zero-order valence-electron chi connectivity index (χ0n) is 18.2. The molecule has 3 fully saturated rings. The van der Waals surface area contributed by atoms with Gasteiger partial charge in [0.1, 0.15) is 5.82 Å². The van der Waals surface area contributed by atoms with Crippen molar-refractivity contribution in [1.82, 2.24) is 15.1 Å². The Labute approximate surface area is 187 Å². The number of benzene rings is 2. The lowest BCUT2D eigenvalue weighted by atomic mass is 9.84. The number of nitrogens with zero attached hydrogens (tertiary/aromatic N) is 2. The van der Waals surface area contributed by atoms with Gasteiger partial charge in [-0.2, -0.15) is 0 Å². The number of nitrogens with one attached hydrogen (secondary N) is 1. The van der Waals surface area contributed by atoms with Crippen molar-refractivity contribution in [3.05, 3.63) is 70.5 Å². The Morgan fingerprint density at radius 2 is 1.81 bits per heavy atom. The molecule has 7 heteroatoms. The molecule has 2 aromatic rings. The molecular weight excluding hydrogens is 409 g/mol. The summed E-state index contributed by atoms with van der Waals surface area (Å²) in [6.07, 6.45) is 2.94. The van der Waals surface area contributed by atoms with Gasteiger partial charge in [-0.25, -0.2) is 14.0 Å². The normalized spacial score (nSPS) is 26.4. The number of halogens is 1. The number of methoxy groups -OCH3 is 1. The Morgan fingerprint density at radius 1 is 1.06 bits per heavy atom. The number of esters is 1. The molecule has 0 spiro atoms. The topological polar surface area (TPSA) is 61.9 Å². The molecule has 4 aliphatic rings. The van der Waals surface area contributed by atoms with E-state index in [4.69, 9.17) is 4.74 Å². The van der Waals surface area contributed by atoms with Crippen LogP contribution in [0.25, 0.3) is 0 Å². The standard InChI is InChI=1S/C25H28FN3O3/c1-32-24(30)19-3-2-16-10-13-29(23(21(16)14-19)18-4-6-20(26)7-5-18)25(31)27-22-15-28-11-8-17(22)9-12-28/h2-7,14,17,22-23H,8-13,15H2,1H3,(H,27,31)/t22-,23+/m1/s1. The monoisotopic (exact) mass is 437 g/mol. The van der Waals surface area contributed by atoms with Crippen LogP contribution in [0.2, 0.25) is 0 Å². The van der Waals surface area contributed by atoms with Crippen molar-refractivity contribution in [2.45, 2.75) is 31.3 Å². The fraction of sp³-hybridized carbons (Fsp3) is 0.440. The quantitative estimate of drug-likeness (QED) is 0.748. The molecule has 0 aliphatic carbocycles. The molecular formula is C25H28FN3O3. The molecule has 168 valence electrons. The van der Waals surface area contributed by atoms with Gasteiger partial charge in [0.2, 0.25) is 0 Å². The predicted octanol–water partition coefficient (Wildman–Crippen LogP) is 3.36. The van der Waals surface area contributed by atoms with E-state index in [1.54, 1.807) is 18.2 Å². The van der Waals surface area contributed by atoms with Crippen LogP contribution in [-0.4, -0.2) is 61.1 Å². The predicted molar refractivity (Wildman–Crippen MR) is 118 cm³/mol. The Hall–Kier alpha value is -2.93. The molecule has 2 bridgehead atoms. The molecule has 0 unspecified atom stereocenters. The number of piperidine rings is 3. The van der Waals surface area contributed by atoms with Crippen LogP contribution in [-0.2, 0) is 11.2 Å². The van der Waals surface area contributed by atoms with Crippen LogP contribution >= 0.6 is 0 Å². The van der Waals surface area contributed by atoms with Crippen molar-refractivity contribution in [3.63, 3.8) is 0 Å². The van der Waals surface area contributed by atoms with E-state index in [1.165, 1.54) is 19.2 Å². The minimum atomic E-state index is -0.417. The second kappa shape index (κ2) is 8.54. The van der Waals surface area contributed by atoms with Crippen molar-refractivity contribution >= 4 is 12.0 Å². The van der Waals surface area contributed by atoms with Crippen molar-refractivity contribution in [3.8, 4) is 0 Å². The molecule has 2 amide bonds. The van der Waals surface area contributed by atoms with Gasteiger partial charge >= 0.3 is 12.0 Å². The molecule has 6 nitrogen and oxygen atoms in total. The highest BCUT2D eigenvalue weighted by Crippen LogP contribution is 2.36. The number of carbonyl (C=O) groups excluding carboxylic acids is 2. The average Bonchev–Trinajstić information content (AvgIpc) is 2.83. The van der Waals surface area contributed by atoms with Crippen LogP contribution in [0.15, 0.2) is 42.5 Å². The van der Waals surface area contributed by atoms with Crippen molar-refractivity contribution in [2.75, 3.05) is 33.3 Å². The lowest BCUT2D eigenvalue weighted by Crippen LogP contribution is -2.59. The summed E-state index contributed by atoms with van der Waals surface area (Å²) >= 11 is 0. The molecule has 2 aromatic carbocycles. The van der Waals surface area contributed by atoms with Gasteiger partial charge in [0.05, 0.1) is 18.7 Å². The van der Waals surface area contributed by atoms with E-state index >= 15 is 0 Å². The van der Waals surface area contributed by atoms with E-state index < -0.39 is 12.0 Å². The molecule has 0 radical (unpaired) electrons. The van der Waals surface area contributed by atoms with Gasteiger partial charge in [-0.1, -0.05) is 18.2 Å². The van der Waals surface area contributed by atoms with Crippen LogP contribution in [0.1, 0.15) is 45.9 Å². The number of ether oxygens (including phenoxy) is 1. The van der Waals surface area contributed by atoms with E-state index in [9.17, 15) is 14.0 Å². The smallest absolute Gasteiger partial charge is 0.337 e. The summed E-state index contributed by atoms with van der Waals surface area (Å²) in [5.41, 5.74) is 3.23. The molecule has 3 saturated heterocycles. The van der Waals surface area contributed by atoms with E-state index in [-0.39, 0.29) is 17.9 Å². The van der Waals surface area contributed by atoms with E-state index in [0.717, 1.165) is 49.2 Å². The third kappa shape index (κ3) is 3.86. The summed E-state index contributed by atoms with van der Waals surface area (Å²) in [6, 6.07) is 11.4. The minimum Gasteiger partial charge on any atom is -0.465 e. The number of urea groups is 1. The number of rotatable bonds is 3. The van der Waals surface area contributed by atoms with Gasteiger partial charge in [0, 0.05) is 19.1 Å². The first kappa shape index (κ1) is 20.9. The lowest BCUT2D eigenvalue weighted by molar-refractivity contribution is 0.0600. The molecule has 0 aromatic heterocycles. The van der Waals surface area contributed by atoms with E-state index in [1.807, 2.05) is 17.0 Å².